The van der Waals surface area contributed by atoms with Crippen LogP contribution in [0.1, 0.15) is 43.2 Å². The largest absolute Gasteiger partial charge is 0.143 e. The van der Waals surface area contributed by atoms with E-state index < -0.39 is 0 Å². The highest BCUT2D eigenvalue weighted by molar-refractivity contribution is 7.20. The van der Waals surface area contributed by atoms with Crippen molar-refractivity contribution in [1.29, 1.82) is 0 Å². The van der Waals surface area contributed by atoms with E-state index in [4.69, 9.17) is 0 Å². The maximum Gasteiger partial charge on any atom is 0.0483 e. The molecule has 0 bridgehead atoms. The molecule has 0 radical (unpaired) electrons. The van der Waals surface area contributed by atoms with Gasteiger partial charge < -0.3 is 0 Å². The number of thiophene rings is 2. The van der Waals surface area contributed by atoms with Gasteiger partial charge in [0.25, 0.3) is 0 Å². The molecule has 0 spiro atoms. The van der Waals surface area contributed by atoms with Crippen LogP contribution >= 0.6 is 22.7 Å². The van der Waals surface area contributed by atoms with Gasteiger partial charge in [-0.3, -0.25) is 0 Å². The van der Waals surface area contributed by atoms with Gasteiger partial charge in [-0.05, 0) is 40.4 Å². The van der Waals surface area contributed by atoms with Crippen molar-refractivity contribution in [2.24, 2.45) is 0 Å². The zero-order chi connectivity index (χ0) is 10.3. The Morgan fingerprint density at radius 3 is 2.20 bits per heavy atom. The fraction of sp³-hybridized carbons (Fsp3) is 0.385. The predicted molar refractivity (Wildman–Crippen MR) is 69.0 cm³/mol. The normalized spacial score (nSPS) is 14.2. The molecule has 2 heteroatoms. The second-order valence-corrected chi connectivity index (χ2v) is 5.94. The molecule has 0 saturated carbocycles. The lowest BCUT2D eigenvalue weighted by atomic mass is 9.94. The summed E-state index contributed by atoms with van der Waals surface area (Å²) in [5.74, 6) is 0.701. The van der Waals surface area contributed by atoms with Gasteiger partial charge in [-0.25, -0.2) is 0 Å². The second kappa shape index (κ2) is 3.76. The third-order valence-electron chi connectivity index (χ3n) is 3.19. The van der Waals surface area contributed by atoms with Crippen LogP contribution in [0.25, 0.3) is 9.75 Å². The first-order valence-electron chi connectivity index (χ1n) is 5.57. The van der Waals surface area contributed by atoms with Crippen LogP contribution in [0.2, 0.25) is 0 Å². The van der Waals surface area contributed by atoms with Crippen LogP contribution in [0.4, 0.5) is 0 Å². The molecule has 2 aromatic rings. The minimum absolute atomic E-state index is 0.701. The van der Waals surface area contributed by atoms with Crippen LogP contribution in [0.3, 0.4) is 0 Å². The predicted octanol–water partition coefficient (Wildman–Crippen LogP) is 5.11. The van der Waals surface area contributed by atoms with Crippen molar-refractivity contribution >= 4 is 22.7 Å². The Morgan fingerprint density at radius 1 is 1.07 bits per heavy atom. The van der Waals surface area contributed by atoms with Gasteiger partial charge in [-0.15, -0.1) is 22.7 Å². The Labute approximate surface area is 98.6 Å². The number of rotatable bonds is 3. The Balaban J connectivity index is 2.03. The SMILES string of the molecule is CCCCC1c2ccsc2-c2sccc21. The zero-order valence-electron chi connectivity index (χ0n) is 8.82. The molecule has 78 valence electrons. The average Bonchev–Trinajstić information content (AvgIpc) is 2.88. The number of hydrogen-bond acceptors (Lipinski definition) is 2. The number of unbranched alkanes of at least 4 members (excludes halogenated alkanes) is 1. The molecule has 2 heterocycles. The van der Waals surface area contributed by atoms with Crippen LogP contribution < -0.4 is 0 Å². The fourth-order valence-electron chi connectivity index (χ4n) is 2.44. The summed E-state index contributed by atoms with van der Waals surface area (Å²) < 4.78 is 0. The average molecular weight is 234 g/mol. The highest BCUT2D eigenvalue weighted by Crippen LogP contribution is 2.51. The van der Waals surface area contributed by atoms with Crippen LogP contribution in [0.5, 0.6) is 0 Å². The summed E-state index contributed by atoms with van der Waals surface area (Å²) in [6.07, 6.45) is 3.97. The lowest BCUT2D eigenvalue weighted by Gasteiger charge is -2.09. The summed E-state index contributed by atoms with van der Waals surface area (Å²) in [7, 11) is 0. The topological polar surface area (TPSA) is 0 Å². The minimum atomic E-state index is 0.701. The Morgan fingerprint density at radius 2 is 1.67 bits per heavy atom. The van der Waals surface area contributed by atoms with Gasteiger partial charge in [0.1, 0.15) is 0 Å². The summed E-state index contributed by atoms with van der Waals surface area (Å²) >= 11 is 3.81. The molecule has 0 amide bonds. The van der Waals surface area contributed by atoms with Gasteiger partial charge >= 0.3 is 0 Å². The molecule has 3 rings (SSSR count). The van der Waals surface area contributed by atoms with Crippen molar-refractivity contribution in [3.8, 4) is 9.75 Å². The van der Waals surface area contributed by atoms with Crippen molar-refractivity contribution in [1.82, 2.24) is 0 Å². The van der Waals surface area contributed by atoms with E-state index in [0.717, 1.165) is 0 Å². The van der Waals surface area contributed by atoms with Crippen molar-refractivity contribution < 1.29 is 0 Å². The smallest absolute Gasteiger partial charge is 0.0483 e. The quantitative estimate of drug-likeness (QED) is 0.692. The van der Waals surface area contributed by atoms with E-state index in [9.17, 15) is 0 Å². The molecule has 0 nitrogen and oxygen atoms in total. The monoisotopic (exact) mass is 234 g/mol. The third kappa shape index (κ3) is 1.39. The molecule has 0 fully saturated rings. The molecule has 0 saturated heterocycles. The Bertz CT molecular complexity index is 424. The first-order chi connectivity index (χ1) is 7.42. The van der Waals surface area contributed by atoms with E-state index in [1.165, 1.54) is 19.3 Å². The van der Waals surface area contributed by atoms with E-state index in [1.807, 2.05) is 22.7 Å². The number of hydrogen-bond donors (Lipinski definition) is 0. The molecule has 0 unspecified atom stereocenters. The van der Waals surface area contributed by atoms with E-state index in [-0.39, 0.29) is 0 Å². The maximum atomic E-state index is 2.33. The van der Waals surface area contributed by atoms with E-state index in [1.54, 1.807) is 20.9 Å². The molecular formula is C13H14S2. The van der Waals surface area contributed by atoms with Gasteiger partial charge in [0.15, 0.2) is 0 Å². The molecule has 0 aromatic carbocycles. The summed E-state index contributed by atoms with van der Waals surface area (Å²) in [5, 5.41) is 4.48. The van der Waals surface area contributed by atoms with Gasteiger partial charge in [-0.1, -0.05) is 19.8 Å². The molecule has 15 heavy (non-hydrogen) atoms. The van der Waals surface area contributed by atoms with Crippen molar-refractivity contribution in [2.75, 3.05) is 0 Å². The molecular weight excluding hydrogens is 220 g/mol. The van der Waals surface area contributed by atoms with Gasteiger partial charge in [0.05, 0.1) is 0 Å². The fourth-order valence-corrected chi connectivity index (χ4v) is 4.58. The van der Waals surface area contributed by atoms with Crippen molar-refractivity contribution in [3.63, 3.8) is 0 Å². The number of fused-ring (bicyclic) bond motifs is 3. The van der Waals surface area contributed by atoms with E-state index in [2.05, 4.69) is 29.8 Å². The highest BCUT2D eigenvalue weighted by atomic mass is 32.1. The highest BCUT2D eigenvalue weighted by Gasteiger charge is 2.29. The van der Waals surface area contributed by atoms with Crippen LogP contribution in [-0.4, -0.2) is 0 Å². The first-order valence-corrected chi connectivity index (χ1v) is 7.33. The van der Waals surface area contributed by atoms with Gasteiger partial charge in [0.2, 0.25) is 0 Å². The Kier molecular flexibility index (Phi) is 2.41. The van der Waals surface area contributed by atoms with Crippen molar-refractivity contribution in [2.45, 2.75) is 32.1 Å². The summed E-state index contributed by atoms with van der Waals surface area (Å²) in [5.41, 5.74) is 3.19. The summed E-state index contributed by atoms with van der Waals surface area (Å²) in [4.78, 5) is 3.09. The standard InChI is InChI=1S/C13H14S2/c1-2-3-4-9-10-5-7-14-12(10)13-11(9)6-8-15-13/h5-9H,2-4H2,1H3. The molecule has 1 aliphatic carbocycles. The van der Waals surface area contributed by atoms with Gasteiger partial charge in [0, 0.05) is 15.7 Å². The summed E-state index contributed by atoms with van der Waals surface area (Å²) in [6, 6.07) is 4.65. The van der Waals surface area contributed by atoms with Crippen LogP contribution in [-0.2, 0) is 0 Å². The minimum Gasteiger partial charge on any atom is -0.143 e. The molecule has 0 atom stereocenters. The molecule has 0 aliphatic heterocycles. The van der Waals surface area contributed by atoms with Crippen molar-refractivity contribution in [3.05, 3.63) is 34.0 Å². The lowest BCUT2D eigenvalue weighted by Crippen LogP contribution is -1.94. The molecule has 2 aromatic heterocycles. The van der Waals surface area contributed by atoms with Gasteiger partial charge in [-0.2, -0.15) is 0 Å². The van der Waals surface area contributed by atoms with E-state index >= 15 is 0 Å². The van der Waals surface area contributed by atoms with Crippen LogP contribution in [0, 0.1) is 0 Å². The van der Waals surface area contributed by atoms with Crippen LogP contribution in [0.15, 0.2) is 22.9 Å². The molecule has 0 N–H and O–H groups in total. The van der Waals surface area contributed by atoms with E-state index in [0.29, 0.717) is 5.92 Å². The summed E-state index contributed by atoms with van der Waals surface area (Å²) in [6.45, 7) is 2.28. The second-order valence-electron chi connectivity index (χ2n) is 4.10. The first kappa shape index (κ1) is 9.61. The zero-order valence-corrected chi connectivity index (χ0v) is 10.5. The third-order valence-corrected chi connectivity index (χ3v) is 5.22. The maximum absolute atomic E-state index is 2.33. The lowest BCUT2D eigenvalue weighted by molar-refractivity contribution is 0.661. The molecule has 1 aliphatic rings. The Hall–Kier alpha value is -0.600.